The van der Waals surface area contributed by atoms with Crippen LogP contribution in [0.3, 0.4) is 0 Å². The summed E-state index contributed by atoms with van der Waals surface area (Å²) in [5.74, 6) is 1.85. The van der Waals surface area contributed by atoms with Crippen molar-refractivity contribution in [3.8, 4) is 0 Å². The van der Waals surface area contributed by atoms with E-state index in [1.165, 1.54) is 63.1 Å². The molecule has 0 bridgehead atoms. The summed E-state index contributed by atoms with van der Waals surface area (Å²) >= 11 is 0. The number of carboxylic acid groups (broad SMARTS) is 1. The van der Waals surface area contributed by atoms with Crippen LogP contribution in [0.15, 0.2) is 49.1 Å². The number of likely N-dealkylation sites (tertiary alicyclic amines) is 2. The fourth-order valence-electron chi connectivity index (χ4n) is 6.62. The quantitative estimate of drug-likeness (QED) is 0.297. The van der Waals surface area contributed by atoms with Crippen molar-refractivity contribution in [1.82, 2.24) is 34.2 Å². The van der Waals surface area contributed by atoms with E-state index in [2.05, 4.69) is 72.3 Å². The molecule has 0 amide bonds. The molecule has 0 radical (unpaired) electrons. The Bertz CT molecular complexity index is 1210. The molecule has 2 aliphatic heterocycles. The standard InChI is InChI=1S/C32H47N7O2/c1-26(2)20-36-16-9-32(10-17-36)11-18-37(25-32)21-27-5-7-28(8-6-27)22-38(23-29-33-12-13-34-29)24-30-35-14-19-39(30)15-3-4-31(40)41/h5-8,12-14,19,26H,3-4,9-11,15-18,20-25H2,1-2H3,(H,33,34)(H,40,41). The normalized spacial score (nSPS) is 17.8. The van der Waals surface area contributed by atoms with Gasteiger partial charge < -0.3 is 19.6 Å². The van der Waals surface area contributed by atoms with E-state index in [-0.39, 0.29) is 6.42 Å². The van der Waals surface area contributed by atoms with Crippen molar-refractivity contribution in [3.05, 3.63) is 71.8 Å². The Morgan fingerprint density at radius 3 is 2.41 bits per heavy atom. The highest BCUT2D eigenvalue weighted by Crippen LogP contribution is 2.40. The summed E-state index contributed by atoms with van der Waals surface area (Å²) in [7, 11) is 0. The molecule has 4 heterocycles. The van der Waals surface area contributed by atoms with Crippen LogP contribution in [-0.2, 0) is 37.5 Å². The van der Waals surface area contributed by atoms with Crippen molar-refractivity contribution in [2.75, 3.05) is 32.7 Å². The Labute approximate surface area is 244 Å². The number of aliphatic carboxylic acids is 1. The summed E-state index contributed by atoms with van der Waals surface area (Å²) in [6.07, 6.45) is 12.2. The molecule has 0 atom stereocenters. The molecule has 41 heavy (non-hydrogen) atoms. The number of H-pyrrole nitrogens is 1. The lowest BCUT2D eigenvalue weighted by molar-refractivity contribution is -0.137. The highest BCUT2D eigenvalue weighted by molar-refractivity contribution is 5.66. The van der Waals surface area contributed by atoms with Gasteiger partial charge in [0.2, 0.25) is 0 Å². The van der Waals surface area contributed by atoms with Crippen LogP contribution in [0, 0.1) is 11.3 Å². The Kier molecular flexibility index (Phi) is 9.90. The summed E-state index contributed by atoms with van der Waals surface area (Å²) < 4.78 is 2.07. The van der Waals surface area contributed by atoms with Gasteiger partial charge in [-0.1, -0.05) is 38.1 Å². The molecule has 0 unspecified atom stereocenters. The summed E-state index contributed by atoms with van der Waals surface area (Å²) in [6, 6.07) is 9.12. The number of hydrogen-bond acceptors (Lipinski definition) is 6. The van der Waals surface area contributed by atoms with E-state index in [1.807, 2.05) is 12.4 Å². The van der Waals surface area contributed by atoms with E-state index in [0.29, 0.717) is 31.5 Å². The fourth-order valence-corrected chi connectivity index (χ4v) is 6.62. The molecule has 2 fully saturated rings. The molecule has 9 heteroatoms. The Morgan fingerprint density at radius 2 is 1.73 bits per heavy atom. The van der Waals surface area contributed by atoms with Crippen molar-refractivity contribution in [2.24, 2.45) is 11.3 Å². The molecule has 5 rings (SSSR count). The third-order valence-corrected chi connectivity index (χ3v) is 8.78. The number of benzene rings is 1. The van der Waals surface area contributed by atoms with Crippen LogP contribution in [0.25, 0.3) is 0 Å². The van der Waals surface area contributed by atoms with Gasteiger partial charge in [-0.15, -0.1) is 0 Å². The van der Waals surface area contributed by atoms with E-state index in [9.17, 15) is 4.79 Å². The number of aromatic amines is 1. The molecule has 0 saturated carbocycles. The van der Waals surface area contributed by atoms with Crippen LogP contribution in [0.1, 0.15) is 68.7 Å². The largest absolute Gasteiger partial charge is 0.481 e. The first-order valence-corrected chi connectivity index (χ1v) is 15.3. The summed E-state index contributed by atoms with van der Waals surface area (Å²) in [5, 5.41) is 9.01. The van der Waals surface area contributed by atoms with Crippen molar-refractivity contribution in [1.29, 1.82) is 0 Å². The number of rotatable bonds is 14. The van der Waals surface area contributed by atoms with E-state index in [1.54, 1.807) is 12.4 Å². The van der Waals surface area contributed by atoms with Gasteiger partial charge in [0, 0.05) is 63.9 Å². The topological polar surface area (TPSA) is 93.5 Å². The van der Waals surface area contributed by atoms with Crippen molar-refractivity contribution < 1.29 is 9.90 Å². The molecule has 9 nitrogen and oxygen atoms in total. The molecular formula is C32H47N7O2. The maximum Gasteiger partial charge on any atom is 0.303 e. The van der Waals surface area contributed by atoms with Crippen LogP contribution < -0.4 is 0 Å². The Morgan fingerprint density at radius 1 is 1.00 bits per heavy atom. The third-order valence-electron chi connectivity index (χ3n) is 8.78. The molecule has 2 aliphatic rings. The van der Waals surface area contributed by atoms with Gasteiger partial charge in [-0.3, -0.25) is 14.6 Å². The van der Waals surface area contributed by atoms with Crippen LogP contribution in [0.2, 0.25) is 0 Å². The highest BCUT2D eigenvalue weighted by atomic mass is 16.4. The molecular weight excluding hydrogens is 514 g/mol. The minimum atomic E-state index is -0.763. The van der Waals surface area contributed by atoms with Gasteiger partial charge in [0.15, 0.2) is 0 Å². The van der Waals surface area contributed by atoms with E-state index >= 15 is 0 Å². The molecule has 0 aliphatic carbocycles. The lowest BCUT2D eigenvalue weighted by Gasteiger charge is -2.40. The highest BCUT2D eigenvalue weighted by Gasteiger charge is 2.40. The molecule has 222 valence electrons. The van der Waals surface area contributed by atoms with Gasteiger partial charge in [0.1, 0.15) is 11.6 Å². The smallest absolute Gasteiger partial charge is 0.303 e. The predicted molar refractivity (Wildman–Crippen MR) is 160 cm³/mol. The van der Waals surface area contributed by atoms with Crippen LogP contribution in [-0.4, -0.2) is 78.0 Å². The molecule has 2 aromatic heterocycles. The molecule has 1 spiro atoms. The van der Waals surface area contributed by atoms with Crippen LogP contribution >= 0.6 is 0 Å². The molecule has 2 N–H and O–H groups in total. The van der Waals surface area contributed by atoms with Gasteiger partial charge in [0.25, 0.3) is 0 Å². The summed E-state index contributed by atoms with van der Waals surface area (Å²) in [5.41, 5.74) is 3.17. The first kappa shape index (κ1) is 29.5. The number of nitrogens with zero attached hydrogens (tertiary/aromatic N) is 6. The van der Waals surface area contributed by atoms with Crippen molar-refractivity contribution >= 4 is 5.97 Å². The maximum atomic E-state index is 11.0. The second-order valence-electron chi connectivity index (χ2n) is 12.7. The monoisotopic (exact) mass is 561 g/mol. The number of aromatic nitrogens is 4. The SMILES string of the molecule is CC(C)CN1CCC2(CC1)CCN(Cc1ccc(CN(Cc3ncc[nH]3)Cc3nccn3CCCC(=O)O)cc1)C2. The predicted octanol–water partition coefficient (Wildman–Crippen LogP) is 4.62. The molecule has 2 saturated heterocycles. The average Bonchev–Trinajstić information content (AvgIpc) is 3.69. The van der Waals surface area contributed by atoms with Gasteiger partial charge in [-0.25, -0.2) is 9.97 Å². The second kappa shape index (κ2) is 13.8. The van der Waals surface area contributed by atoms with Crippen molar-refractivity contribution in [2.45, 2.75) is 78.7 Å². The number of hydrogen-bond donors (Lipinski definition) is 2. The number of nitrogens with one attached hydrogen (secondary N) is 1. The zero-order valence-corrected chi connectivity index (χ0v) is 24.8. The molecule has 1 aromatic carbocycles. The lowest BCUT2D eigenvalue weighted by atomic mass is 9.77. The van der Waals surface area contributed by atoms with Gasteiger partial charge in [-0.05, 0) is 67.8 Å². The summed E-state index contributed by atoms with van der Waals surface area (Å²) in [4.78, 5) is 30.9. The number of aryl methyl sites for hydroxylation is 1. The Balaban J connectivity index is 1.16. The second-order valence-corrected chi connectivity index (χ2v) is 12.7. The number of piperidine rings is 1. The number of carboxylic acids is 1. The zero-order chi connectivity index (χ0) is 28.7. The van der Waals surface area contributed by atoms with E-state index < -0.39 is 5.97 Å². The first-order valence-electron chi connectivity index (χ1n) is 15.3. The number of imidazole rings is 2. The minimum absolute atomic E-state index is 0.162. The number of carbonyl (C=O) groups is 1. The fraction of sp³-hybridized carbons (Fsp3) is 0.594. The van der Waals surface area contributed by atoms with Gasteiger partial charge >= 0.3 is 5.97 Å². The van der Waals surface area contributed by atoms with Crippen molar-refractivity contribution in [3.63, 3.8) is 0 Å². The van der Waals surface area contributed by atoms with Gasteiger partial charge in [-0.2, -0.15) is 0 Å². The average molecular weight is 562 g/mol. The zero-order valence-electron chi connectivity index (χ0n) is 24.8. The van der Waals surface area contributed by atoms with Gasteiger partial charge in [0.05, 0.1) is 13.1 Å². The first-order chi connectivity index (χ1) is 19.9. The third kappa shape index (κ3) is 8.50. The lowest BCUT2D eigenvalue weighted by Crippen LogP contribution is -2.42. The van der Waals surface area contributed by atoms with Crippen LogP contribution in [0.5, 0.6) is 0 Å². The Hall–Kier alpha value is -3.01. The van der Waals surface area contributed by atoms with Crippen LogP contribution in [0.4, 0.5) is 0 Å². The van der Waals surface area contributed by atoms with E-state index in [0.717, 1.165) is 30.7 Å². The summed E-state index contributed by atoms with van der Waals surface area (Å²) in [6.45, 7) is 14.7. The molecule has 3 aromatic rings. The maximum absolute atomic E-state index is 11.0. The minimum Gasteiger partial charge on any atom is -0.481 e. The van der Waals surface area contributed by atoms with E-state index in [4.69, 9.17) is 5.11 Å².